The summed E-state index contributed by atoms with van der Waals surface area (Å²) in [5.41, 5.74) is -0.100. The van der Waals surface area contributed by atoms with E-state index >= 15 is 0 Å². The van der Waals surface area contributed by atoms with Crippen LogP contribution >= 0.6 is 0 Å². The summed E-state index contributed by atoms with van der Waals surface area (Å²) in [5.74, 6) is 0.132. The van der Waals surface area contributed by atoms with Crippen LogP contribution in [0.5, 0.6) is 0 Å². The molecule has 0 fully saturated rings. The van der Waals surface area contributed by atoms with Crippen molar-refractivity contribution in [3.63, 3.8) is 0 Å². The van der Waals surface area contributed by atoms with Crippen LogP contribution in [0.25, 0.3) is 0 Å². The SMILES string of the molecule is COC1=CC=CC(=CO)C1=[N+]([O-])[O-]. The van der Waals surface area contributed by atoms with Gasteiger partial charge in [-0.05, 0) is 12.2 Å². The molecule has 5 nitrogen and oxygen atoms in total. The second kappa shape index (κ2) is 3.66. The third-order valence-electron chi connectivity index (χ3n) is 1.57. The molecule has 0 aromatic rings. The fourth-order valence-electron chi connectivity index (χ4n) is 1.00. The average molecular weight is 182 g/mol. The second-order valence-corrected chi connectivity index (χ2v) is 2.28. The van der Waals surface area contributed by atoms with Gasteiger partial charge in [-0.2, -0.15) is 4.90 Å². The van der Waals surface area contributed by atoms with Crippen LogP contribution in [0.15, 0.2) is 35.8 Å². The van der Waals surface area contributed by atoms with Gasteiger partial charge in [0, 0.05) is 0 Å². The van der Waals surface area contributed by atoms with E-state index in [4.69, 9.17) is 9.84 Å². The van der Waals surface area contributed by atoms with Gasteiger partial charge in [-0.3, -0.25) is 0 Å². The van der Waals surface area contributed by atoms with E-state index in [1.54, 1.807) is 6.08 Å². The molecule has 0 radical (unpaired) electrons. The predicted octanol–water partition coefficient (Wildman–Crippen LogP) is 0.978. The summed E-state index contributed by atoms with van der Waals surface area (Å²) in [5, 5.41) is 29.8. The van der Waals surface area contributed by atoms with Crippen molar-refractivity contribution in [3.8, 4) is 0 Å². The first-order valence-electron chi connectivity index (χ1n) is 3.49. The number of aliphatic hydroxyl groups is 1. The molecule has 1 rings (SSSR count). The van der Waals surface area contributed by atoms with Crippen molar-refractivity contribution in [1.29, 1.82) is 0 Å². The Hall–Kier alpha value is -1.91. The average Bonchev–Trinajstić information content (AvgIpc) is 2.16. The van der Waals surface area contributed by atoms with Crippen molar-refractivity contribution in [2.24, 2.45) is 0 Å². The maximum absolute atomic E-state index is 10.6. The molecule has 1 N–H and O–H groups in total. The highest BCUT2D eigenvalue weighted by atomic mass is 16.8. The van der Waals surface area contributed by atoms with Crippen molar-refractivity contribution in [2.45, 2.75) is 0 Å². The van der Waals surface area contributed by atoms with E-state index in [-0.39, 0.29) is 17.0 Å². The smallest absolute Gasteiger partial charge is 0.275 e. The third-order valence-corrected chi connectivity index (χ3v) is 1.57. The Kier molecular flexibility index (Phi) is 2.59. The minimum Gasteiger partial charge on any atom is -0.612 e. The molecule has 5 heteroatoms. The standard InChI is InChI=1S/C8H8NO4/c1-13-7-4-2-3-6(5-10)8(7)9(11)12/h2-5H,1H3,(H-,10,11,12)/q-1. The zero-order valence-electron chi connectivity index (χ0n) is 6.93. The van der Waals surface area contributed by atoms with E-state index in [0.29, 0.717) is 6.26 Å². The fraction of sp³-hybridized carbons (Fsp3) is 0.125. The summed E-state index contributed by atoms with van der Waals surface area (Å²) in [6.07, 6.45) is 5.14. The number of nitrogens with zero attached hydrogens (tertiary/aromatic N) is 1. The summed E-state index contributed by atoms with van der Waals surface area (Å²) < 4.78 is 4.78. The Labute approximate surface area is 74.7 Å². The number of rotatable bonds is 1. The number of allylic oxidation sites excluding steroid dienone is 4. The molecular weight excluding hydrogens is 174 g/mol. The quantitative estimate of drug-likeness (QED) is 0.372. The zero-order chi connectivity index (χ0) is 9.84. The molecule has 0 saturated heterocycles. The number of hydrogen-bond acceptors (Lipinski definition) is 4. The number of methoxy groups -OCH3 is 1. The molecule has 0 amide bonds. The molecular formula is C8H8NO4-. The number of aliphatic hydroxyl groups excluding tert-OH is 1. The van der Waals surface area contributed by atoms with Crippen molar-refractivity contribution < 1.29 is 14.7 Å². The van der Waals surface area contributed by atoms with Crippen LogP contribution in [0.3, 0.4) is 0 Å². The lowest BCUT2D eigenvalue weighted by molar-refractivity contribution is -0.379. The molecule has 70 valence electrons. The number of hydrogen-bond donors (Lipinski definition) is 1. The highest BCUT2D eigenvalue weighted by Gasteiger charge is 2.21. The van der Waals surface area contributed by atoms with Gasteiger partial charge < -0.3 is 20.3 Å². The van der Waals surface area contributed by atoms with Crippen molar-refractivity contribution in [2.75, 3.05) is 7.11 Å². The van der Waals surface area contributed by atoms with E-state index in [1.807, 2.05) is 0 Å². The van der Waals surface area contributed by atoms with Gasteiger partial charge in [0.15, 0.2) is 5.76 Å². The summed E-state index contributed by atoms with van der Waals surface area (Å²) in [4.78, 5) is -0.596. The molecule has 0 spiro atoms. The topological polar surface area (TPSA) is 78.6 Å². The monoisotopic (exact) mass is 182 g/mol. The van der Waals surface area contributed by atoms with Crippen LogP contribution in [-0.4, -0.2) is 22.8 Å². The van der Waals surface area contributed by atoms with E-state index in [0.717, 1.165) is 0 Å². The van der Waals surface area contributed by atoms with Crippen molar-refractivity contribution in [3.05, 3.63) is 46.2 Å². The Bertz CT molecular complexity index is 321. The molecule has 0 bridgehead atoms. The summed E-state index contributed by atoms with van der Waals surface area (Å²) in [7, 11) is 1.34. The molecule has 1 aliphatic rings. The van der Waals surface area contributed by atoms with Crippen LogP contribution in [0.2, 0.25) is 0 Å². The lowest BCUT2D eigenvalue weighted by Crippen LogP contribution is -2.18. The van der Waals surface area contributed by atoms with Crippen LogP contribution in [0, 0.1) is 10.4 Å². The van der Waals surface area contributed by atoms with Gasteiger partial charge in [-0.15, -0.1) is 0 Å². The Morgan fingerprint density at radius 2 is 2.23 bits per heavy atom. The summed E-state index contributed by atoms with van der Waals surface area (Å²) in [6.45, 7) is 0. The van der Waals surface area contributed by atoms with E-state index < -0.39 is 4.90 Å². The molecule has 0 aromatic heterocycles. The molecule has 1 aliphatic carbocycles. The Balaban J connectivity index is 3.20. The minimum absolute atomic E-state index is 0.129. The van der Waals surface area contributed by atoms with Crippen molar-refractivity contribution >= 4 is 5.71 Å². The highest BCUT2D eigenvalue weighted by molar-refractivity contribution is 6.10. The number of ether oxygens (including phenoxy) is 1. The lowest BCUT2D eigenvalue weighted by Gasteiger charge is -2.14. The summed E-state index contributed by atoms with van der Waals surface area (Å²) >= 11 is 0. The van der Waals surface area contributed by atoms with Gasteiger partial charge in [-0.25, -0.2) is 0 Å². The molecule has 0 heterocycles. The third kappa shape index (κ3) is 1.64. The fourth-order valence-corrected chi connectivity index (χ4v) is 1.00. The molecule has 13 heavy (non-hydrogen) atoms. The molecule has 0 aromatic carbocycles. The van der Waals surface area contributed by atoms with Crippen LogP contribution in [-0.2, 0) is 4.74 Å². The van der Waals surface area contributed by atoms with Gasteiger partial charge in [0.2, 0.25) is 0 Å². The highest BCUT2D eigenvalue weighted by Crippen LogP contribution is 2.15. The van der Waals surface area contributed by atoms with Crippen LogP contribution < -0.4 is 0 Å². The zero-order valence-corrected chi connectivity index (χ0v) is 6.93. The molecule has 0 atom stereocenters. The first kappa shape index (κ1) is 9.18. The molecule has 0 unspecified atom stereocenters. The van der Waals surface area contributed by atoms with Gasteiger partial charge in [-0.1, -0.05) is 6.08 Å². The van der Waals surface area contributed by atoms with Gasteiger partial charge in [0.05, 0.1) is 18.9 Å². The van der Waals surface area contributed by atoms with Gasteiger partial charge in [0.1, 0.15) is 0 Å². The van der Waals surface area contributed by atoms with Crippen LogP contribution in [0.4, 0.5) is 0 Å². The predicted molar refractivity (Wildman–Crippen MR) is 46.9 cm³/mol. The van der Waals surface area contributed by atoms with E-state index in [1.165, 1.54) is 19.3 Å². The summed E-state index contributed by atoms with van der Waals surface area (Å²) in [6, 6.07) is 0. The molecule has 0 aliphatic heterocycles. The van der Waals surface area contributed by atoms with E-state index in [2.05, 4.69) is 0 Å². The van der Waals surface area contributed by atoms with E-state index in [9.17, 15) is 10.4 Å². The normalized spacial score (nSPS) is 18.7. The maximum Gasteiger partial charge on any atom is 0.275 e. The van der Waals surface area contributed by atoms with Crippen LogP contribution in [0.1, 0.15) is 0 Å². The largest absolute Gasteiger partial charge is 0.612 e. The minimum atomic E-state index is -0.596. The first-order valence-corrected chi connectivity index (χ1v) is 3.49. The lowest BCUT2D eigenvalue weighted by atomic mass is 10.1. The van der Waals surface area contributed by atoms with Crippen molar-refractivity contribution in [1.82, 2.24) is 0 Å². The Morgan fingerprint density at radius 3 is 2.69 bits per heavy atom. The molecule has 0 saturated carbocycles. The first-order chi connectivity index (χ1) is 6.20. The van der Waals surface area contributed by atoms with Gasteiger partial charge >= 0.3 is 0 Å². The second-order valence-electron chi connectivity index (χ2n) is 2.28. The van der Waals surface area contributed by atoms with Gasteiger partial charge in [0.25, 0.3) is 5.71 Å². The maximum atomic E-state index is 10.6. The Morgan fingerprint density at radius 1 is 1.54 bits per heavy atom.